The van der Waals surface area contributed by atoms with Crippen LogP contribution in [0.15, 0.2) is 55.1 Å². The fraction of sp³-hybridized carbons (Fsp3) is 0.211. The molecule has 0 fully saturated rings. The zero-order valence-electron chi connectivity index (χ0n) is 14.9. The topological polar surface area (TPSA) is 102 Å². The average molecular weight is 364 g/mol. The minimum absolute atomic E-state index is 0.172. The molecule has 138 valence electrons. The van der Waals surface area contributed by atoms with Gasteiger partial charge in [0.05, 0.1) is 6.54 Å². The zero-order chi connectivity index (χ0) is 19.1. The van der Waals surface area contributed by atoms with E-state index >= 15 is 0 Å². The molecule has 8 heteroatoms. The SMILES string of the molecule is Cc1cccc(NC(=O)CCNC(=O)c2ccc(Cn3cncn3)cc2)n1. The normalized spacial score (nSPS) is 10.4. The molecule has 1 aromatic carbocycles. The summed E-state index contributed by atoms with van der Waals surface area (Å²) in [5.41, 5.74) is 2.38. The average Bonchev–Trinajstić information content (AvgIpc) is 3.15. The van der Waals surface area contributed by atoms with Gasteiger partial charge in [0.15, 0.2) is 0 Å². The summed E-state index contributed by atoms with van der Waals surface area (Å²) in [6.07, 6.45) is 3.29. The molecule has 0 aliphatic carbocycles. The molecule has 27 heavy (non-hydrogen) atoms. The second-order valence-electron chi connectivity index (χ2n) is 6.01. The largest absolute Gasteiger partial charge is 0.352 e. The van der Waals surface area contributed by atoms with Gasteiger partial charge in [0, 0.05) is 24.2 Å². The summed E-state index contributed by atoms with van der Waals surface area (Å²) in [7, 11) is 0. The van der Waals surface area contributed by atoms with E-state index in [2.05, 4.69) is 25.7 Å². The van der Waals surface area contributed by atoms with Crippen molar-refractivity contribution >= 4 is 17.6 Å². The Morgan fingerprint density at radius 1 is 1.11 bits per heavy atom. The zero-order valence-corrected chi connectivity index (χ0v) is 14.9. The number of hydrogen-bond donors (Lipinski definition) is 2. The van der Waals surface area contributed by atoms with E-state index in [9.17, 15) is 9.59 Å². The van der Waals surface area contributed by atoms with Gasteiger partial charge in [-0.05, 0) is 36.8 Å². The summed E-state index contributed by atoms with van der Waals surface area (Å²) >= 11 is 0. The van der Waals surface area contributed by atoms with Crippen LogP contribution in [-0.2, 0) is 11.3 Å². The predicted octanol–water partition coefficient (Wildman–Crippen LogP) is 1.79. The number of benzene rings is 1. The number of hydrogen-bond acceptors (Lipinski definition) is 5. The number of nitrogens with one attached hydrogen (secondary N) is 2. The van der Waals surface area contributed by atoms with Crippen molar-refractivity contribution in [2.24, 2.45) is 0 Å². The molecule has 0 radical (unpaired) electrons. The molecular weight excluding hydrogens is 344 g/mol. The van der Waals surface area contributed by atoms with Crippen LogP contribution in [0.4, 0.5) is 5.82 Å². The monoisotopic (exact) mass is 364 g/mol. The molecule has 0 saturated heterocycles. The standard InChI is InChI=1S/C19H20N6O2/c1-14-3-2-4-17(23-14)24-18(26)9-10-21-19(27)16-7-5-15(6-8-16)11-25-13-20-12-22-25/h2-8,12-13H,9-11H2,1H3,(H,21,27)(H,23,24,26). The van der Waals surface area contributed by atoms with Crippen LogP contribution in [0.3, 0.4) is 0 Å². The lowest BCUT2D eigenvalue weighted by atomic mass is 10.1. The molecule has 0 saturated carbocycles. The van der Waals surface area contributed by atoms with E-state index in [1.54, 1.807) is 29.2 Å². The first-order valence-corrected chi connectivity index (χ1v) is 8.53. The maximum Gasteiger partial charge on any atom is 0.251 e. The summed E-state index contributed by atoms with van der Waals surface area (Å²) in [5, 5.41) is 9.50. The Balaban J connectivity index is 1.44. The number of amides is 2. The van der Waals surface area contributed by atoms with Crippen molar-refractivity contribution in [3.8, 4) is 0 Å². The van der Waals surface area contributed by atoms with E-state index in [-0.39, 0.29) is 24.8 Å². The maximum atomic E-state index is 12.2. The molecule has 2 heterocycles. The Bertz CT molecular complexity index is 906. The van der Waals surface area contributed by atoms with Crippen LogP contribution < -0.4 is 10.6 Å². The van der Waals surface area contributed by atoms with Crippen molar-refractivity contribution in [2.75, 3.05) is 11.9 Å². The van der Waals surface area contributed by atoms with E-state index in [1.165, 1.54) is 6.33 Å². The molecule has 0 aliphatic rings. The lowest BCUT2D eigenvalue weighted by molar-refractivity contribution is -0.116. The van der Waals surface area contributed by atoms with Gasteiger partial charge in [-0.3, -0.25) is 9.59 Å². The highest BCUT2D eigenvalue weighted by Crippen LogP contribution is 2.06. The van der Waals surface area contributed by atoms with E-state index in [4.69, 9.17) is 0 Å². The van der Waals surface area contributed by atoms with Crippen molar-refractivity contribution in [1.82, 2.24) is 25.1 Å². The van der Waals surface area contributed by atoms with Gasteiger partial charge in [-0.1, -0.05) is 18.2 Å². The third-order valence-corrected chi connectivity index (χ3v) is 3.82. The van der Waals surface area contributed by atoms with Gasteiger partial charge in [-0.15, -0.1) is 0 Å². The van der Waals surface area contributed by atoms with Crippen LogP contribution in [0.2, 0.25) is 0 Å². The van der Waals surface area contributed by atoms with Crippen LogP contribution in [0.1, 0.15) is 28.0 Å². The first-order valence-electron chi connectivity index (χ1n) is 8.53. The fourth-order valence-corrected chi connectivity index (χ4v) is 2.47. The Kier molecular flexibility index (Phi) is 5.88. The number of aromatic nitrogens is 4. The van der Waals surface area contributed by atoms with Crippen molar-refractivity contribution in [3.05, 3.63) is 71.9 Å². The van der Waals surface area contributed by atoms with Gasteiger partial charge in [0.1, 0.15) is 18.5 Å². The van der Waals surface area contributed by atoms with Crippen molar-refractivity contribution in [3.63, 3.8) is 0 Å². The fourth-order valence-electron chi connectivity index (χ4n) is 2.47. The Morgan fingerprint density at radius 3 is 2.63 bits per heavy atom. The molecule has 2 aromatic heterocycles. The highest BCUT2D eigenvalue weighted by Gasteiger charge is 2.08. The van der Waals surface area contributed by atoms with Gasteiger partial charge in [-0.25, -0.2) is 14.6 Å². The minimum atomic E-state index is -0.219. The lowest BCUT2D eigenvalue weighted by Gasteiger charge is -2.07. The number of anilines is 1. The lowest BCUT2D eigenvalue weighted by Crippen LogP contribution is -2.27. The van der Waals surface area contributed by atoms with Gasteiger partial charge < -0.3 is 10.6 Å². The number of nitrogens with zero attached hydrogens (tertiary/aromatic N) is 4. The molecule has 0 atom stereocenters. The van der Waals surface area contributed by atoms with Crippen LogP contribution in [0.25, 0.3) is 0 Å². The number of rotatable bonds is 7. The first-order chi connectivity index (χ1) is 13.1. The predicted molar refractivity (Wildman–Crippen MR) is 100 cm³/mol. The Hall–Kier alpha value is -3.55. The third kappa shape index (κ3) is 5.46. The molecule has 8 nitrogen and oxygen atoms in total. The van der Waals surface area contributed by atoms with E-state index in [0.717, 1.165) is 11.3 Å². The van der Waals surface area contributed by atoms with Gasteiger partial charge in [0.25, 0.3) is 5.91 Å². The second-order valence-corrected chi connectivity index (χ2v) is 6.01. The first kappa shape index (κ1) is 18.2. The second kappa shape index (κ2) is 8.70. The molecule has 0 spiro atoms. The highest BCUT2D eigenvalue weighted by atomic mass is 16.2. The van der Waals surface area contributed by atoms with Gasteiger partial charge in [0.2, 0.25) is 5.91 Å². The summed E-state index contributed by atoms with van der Waals surface area (Å²) in [5.74, 6) is 0.0923. The van der Waals surface area contributed by atoms with E-state index < -0.39 is 0 Å². The van der Waals surface area contributed by atoms with Crippen LogP contribution in [-0.4, -0.2) is 38.1 Å². The van der Waals surface area contributed by atoms with Crippen LogP contribution in [0, 0.1) is 6.92 Å². The van der Waals surface area contributed by atoms with Crippen molar-refractivity contribution in [1.29, 1.82) is 0 Å². The summed E-state index contributed by atoms with van der Waals surface area (Å²) in [6.45, 7) is 2.69. The molecule has 3 aromatic rings. The Labute approximate surface area is 156 Å². The summed E-state index contributed by atoms with van der Waals surface area (Å²) in [4.78, 5) is 32.2. The molecule has 3 rings (SSSR count). The molecule has 2 amide bonds. The molecule has 0 bridgehead atoms. The highest BCUT2D eigenvalue weighted by molar-refractivity contribution is 5.95. The molecule has 0 aliphatic heterocycles. The molecule has 0 unspecified atom stereocenters. The number of aryl methyl sites for hydroxylation is 1. The van der Waals surface area contributed by atoms with E-state index in [0.29, 0.717) is 17.9 Å². The third-order valence-electron chi connectivity index (χ3n) is 3.82. The maximum absolute atomic E-state index is 12.2. The van der Waals surface area contributed by atoms with Crippen LogP contribution >= 0.6 is 0 Å². The molecular formula is C19H20N6O2. The van der Waals surface area contributed by atoms with Crippen molar-refractivity contribution in [2.45, 2.75) is 19.9 Å². The van der Waals surface area contributed by atoms with Gasteiger partial charge >= 0.3 is 0 Å². The summed E-state index contributed by atoms with van der Waals surface area (Å²) in [6, 6.07) is 12.6. The van der Waals surface area contributed by atoms with Crippen molar-refractivity contribution < 1.29 is 9.59 Å². The number of carbonyl (C=O) groups excluding carboxylic acids is 2. The number of carbonyl (C=O) groups is 2. The van der Waals surface area contributed by atoms with Gasteiger partial charge in [-0.2, -0.15) is 5.10 Å². The van der Waals surface area contributed by atoms with Crippen LogP contribution in [0.5, 0.6) is 0 Å². The smallest absolute Gasteiger partial charge is 0.251 e. The quantitative estimate of drug-likeness (QED) is 0.665. The summed E-state index contributed by atoms with van der Waals surface area (Å²) < 4.78 is 1.71. The minimum Gasteiger partial charge on any atom is -0.352 e. The Morgan fingerprint density at radius 2 is 1.93 bits per heavy atom. The van der Waals surface area contributed by atoms with E-state index in [1.807, 2.05) is 31.2 Å². The molecule has 2 N–H and O–H groups in total. The number of pyridine rings is 1.